The Balaban J connectivity index is 2.14. The number of H-pyrrole nitrogens is 1. The number of hydrogen-bond donors (Lipinski definition) is 1. The highest BCUT2D eigenvalue weighted by Gasteiger charge is 2.12. The Hall–Kier alpha value is -2.53. The van der Waals surface area contributed by atoms with Crippen molar-refractivity contribution in [2.24, 2.45) is 0 Å². The van der Waals surface area contributed by atoms with Crippen molar-refractivity contribution < 1.29 is 0 Å². The van der Waals surface area contributed by atoms with Crippen molar-refractivity contribution in [3.8, 4) is 11.3 Å². The van der Waals surface area contributed by atoms with Gasteiger partial charge in [-0.25, -0.2) is 4.98 Å². The number of pyridine rings is 1. The summed E-state index contributed by atoms with van der Waals surface area (Å²) < 4.78 is 0. The predicted octanol–water partition coefficient (Wildman–Crippen LogP) is 3.22. The number of hydrogen-bond acceptors (Lipinski definition) is 4. The second-order valence-electron chi connectivity index (χ2n) is 4.38. The summed E-state index contributed by atoms with van der Waals surface area (Å²) in [6.45, 7) is 0. The number of aromatic nitrogens is 5. The van der Waals surface area contributed by atoms with Gasteiger partial charge in [-0.2, -0.15) is 10.1 Å². The fourth-order valence-corrected chi connectivity index (χ4v) is 2.51. The van der Waals surface area contributed by atoms with E-state index in [4.69, 9.17) is 11.6 Å². The smallest absolute Gasteiger partial charge is 0.224 e. The Morgan fingerprint density at radius 3 is 2.90 bits per heavy atom. The highest BCUT2D eigenvalue weighted by molar-refractivity contribution is 6.28. The molecule has 3 aromatic heterocycles. The van der Waals surface area contributed by atoms with Crippen LogP contribution in [0.15, 0.2) is 42.9 Å². The molecule has 4 rings (SSSR count). The van der Waals surface area contributed by atoms with Gasteiger partial charge in [-0.3, -0.25) is 10.1 Å². The summed E-state index contributed by atoms with van der Waals surface area (Å²) >= 11 is 6.00. The van der Waals surface area contributed by atoms with Crippen molar-refractivity contribution >= 4 is 33.4 Å². The molecule has 0 atom stereocenters. The topological polar surface area (TPSA) is 67.3 Å². The van der Waals surface area contributed by atoms with E-state index in [9.17, 15) is 0 Å². The minimum atomic E-state index is 0.197. The SMILES string of the molecule is Clc1nc(-c2cccc3cnccc23)c2cn[nH]c2n1. The Morgan fingerprint density at radius 2 is 1.95 bits per heavy atom. The molecule has 3 heterocycles. The summed E-state index contributed by atoms with van der Waals surface area (Å²) in [5.74, 6) is 0. The van der Waals surface area contributed by atoms with Crippen molar-refractivity contribution in [1.82, 2.24) is 25.1 Å². The van der Waals surface area contributed by atoms with E-state index >= 15 is 0 Å². The number of nitrogens with one attached hydrogen (secondary N) is 1. The van der Waals surface area contributed by atoms with Gasteiger partial charge in [0.05, 0.1) is 17.3 Å². The van der Waals surface area contributed by atoms with Crippen LogP contribution < -0.4 is 0 Å². The molecule has 0 amide bonds. The standard InChI is InChI=1S/C14H8ClN5/c15-14-18-12(11-7-17-20-13(11)19-14)10-3-1-2-8-6-16-5-4-9(8)10/h1-7H,(H,17,18,19,20). The molecule has 0 bridgehead atoms. The fraction of sp³-hybridized carbons (Fsp3) is 0. The van der Waals surface area contributed by atoms with Gasteiger partial charge in [0.2, 0.25) is 5.28 Å². The largest absolute Gasteiger partial charge is 0.264 e. The highest BCUT2D eigenvalue weighted by atomic mass is 35.5. The van der Waals surface area contributed by atoms with E-state index in [2.05, 4.69) is 25.1 Å². The molecule has 0 fully saturated rings. The molecule has 0 aliphatic heterocycles. The van der Waals surface area contributed by atoms with Crippen LogP contribution in [0.25, 0.3) is 33.1 Å². The van der Waals surface area contributed by atoms with Gasteiger partial charge < -0.3 is 0 Å². The van der Waals surface area contributed by atoms with Gasteiger partial charge in [0.25, 0.3) is 0 Å². The molecule has 0 saturated carbocycles. The molecular formula is C14H8ClN5. The highest BCUT2D eigenvalue weighted by Crippen LogP contribution is 2.31. The summed E-state index contributed by atoms with van der Waals surface area (Å²) in [5.41, 5.74) is 2.39. The number of aromatic amines is 1. The molecule has 6 heteroatoms. The maximum Gasteiger partial charge on any atom is 0.224 e. The van der Waals surface area contributed by atoms with Crippen molar-refractivity contribution in [3.63, 3.8) is 0 Å². The molecule has 1 aromatic carbocycles. The first-order valence-electron chi connectivity index (χ1n) is 6.02. The monoisotopic (exact) mass is 281 g/mol. The van der Waals surface area contributed by atoms with Crippen LogP contribution in [0.5, 0.6) is 0 Å². The van der Waals surface area contributed by atoms with Crippen molar-refractivity contribution in [2.75, 3.05) is 0 Å². The zero-order valence-corrected chi connectivity index (χ0v) is 11.0. The van der Waals surface area contributed by atoms with Crippen LogP contribution >= 0.6 is 11.6 Å². The van der Waals surface area contributed by atoms with E-state index in [0.717, 1.165) is 27.4 Å². The predicted molar refractivity (Wildman–Crippen MR) is 77.4 cm³/mol. The summed E-state index contributed by atoms with van der Waals surface area (Å²) in [5, 5.41) is 10.00. The molecule has 96 valence electrons. The van der Waals surface area contributed by atoms with Crippen LogP contribution in [0, 0.1) is 0 Å². The van der Waals surface area contributed by atoms with Gasteiger partial charge in [0.15, 0.2) is 5.65 Å². The second kappa shape index (κ2) is 4.25. The van der Waals surface area contributed by atoms with Crippen LogP contribution in [0.1, 0.15) is 0 Å². The van der Waals surface area contributed by atoms with E-state index < -0.39 is 0 Å². The van der Waals surface area contributed by atoms with Crippen molar-refractivity contribution in [2.45, 2.75) is 0 Å². The maximum absolute atomic E-state index is 6.00. The van der Waals surface area contributed by atoms with Gasteiger partial charge in [-0.05, 0) is 23.1 Å². The number of benzene rings is 1. The van der Waals surface area contributed by atoms with Crippen LogP contribution in [0.2, 0.25) is 5.28 Å². The van der Waals surface area contributed by atoms with Gasteiger partial charge in [-0.1, -0.05) is 18.2 Å². The Morgan fingerprint density at radius 1 is 1.00 bits per heavy atom. The minimum absolute atomic E-state index is 0.197. The van der Waals surface area contributed by atoms with E-state index in [1.807, 2.05) is 30.5 Å². The quantitative estimate of drug-likeness (QED) is 0.544. The summed E-state index contributed by atoms with van der Waals surface area (Å²) in [6, 6.07) is 7.96. The average molecular weight is 282 g/mol. The van der Waals surface area contributed by atoms with Crippen LogP contribution in [0.3, 0.4) is 0 Å². The first-order valence-corrected chi connectivity index (χ1v) is 6.40. The molecule has 1 N–H and O–H groups in total. The number of nitrogens with zero attached hydrogens (tertiary/aromatic N) is 4. The Kier molecular flexibility index (Phi) is 2.40. The third-order valence-corrected chi connectivity index (χ3v) is 3.39. The molecular weight excluding hydrogens is 274 g/mol. The van der Waals surface area contributed by atoms with Gasteiger partial charge in [-0.15, -0.1) is 0 Å². The fourth-order valence-electron chi connectivity index (χ4n) is 2.34. The summed E-state index contributed by atoms with van der Waals surface area (Å²) in [7, 11) is 0. The maximum atomic E-state index is 6.00. The lowest BCUT2D eigenvalue weighted by atomic mass is 10.0. The molecule has 0 radical (unpaired) electrons. The molecule has 0 spiro atoms. The molecule has 0 aliphatic rings. The van der Waals surface area contributed by atoms with Crippen LogP contribution in [-0.2, 0) is 0 Å². The number of rotatable bonds is 1. The third kappa shape index (κ3) is 1.64. The molecule has 0 aliphatic carbocycles. The van der Waals surface area contributed by atoms with Crippen molar-refractivity contribution in [3.05, 3.63) is 48.1 Å². The summed E-state index contributed by atoms with van der Waals surface area (Å²) in [6.07, 6.45) is 5.30. The molecule has 5 nitrogen and oxygen atoms in total. The lowest BCUT2D eigenvalue weighted by molar-refractivity contribution is 1.09. The third-order valence-electron chi connectivity index (χ3n) is 3.22. The van der Waals surface area contributed by atoms with Gasteiger partial charge in [0, 0.05) is 23.3 Å². The van der Waals surface area contributed by atoms with Gasteiger partial charge in [0.1, 0.15) is 0 Å². The first-order chi connectivity index (χ1) is 9.83. The van der Waals surface area contributed by atoms with Crippen molar-refractivity contribution in [1.29, 1.82) is 0 Å². The normalized spacial score (nSPS) is 11.2. The molecule has 0 saturated heterocycles. The van der Waals surface area contributed by atoms with Crippen LogP contribution in [-0.4, -0.2) is 25.1 Å². The minimum Gasteiger partial charge on any atom is -0.264 e. The van der Waals surface area contributed by atoms with E-state index in [0.29, 0.717) is 5.65 Å². The second-order valence-corrected chi connectivity index (χ2v) is 4.71. The van der Waals surface area contributed by atoms with E-state index in [-0.39, 0.29) is 5.28 Å². The zero-order chi connectivity index (χ0) is 13.5. The van der Waals surface area contributed by atoms with E-state index in [1.54, 1.807) is 12.4 Å². The zero-order valence-electron chi connectivity index (χ0n) is 10.2. The Bertz CT molecular complexity index is 926. The molecule has 4 aromatic rings. The lowest BCUT2D eigenvalue weighted by Crippen LogP contribution is -1.91. The first kappa shape index (κ1) is 11.3. The molecule has 0 unspecified atom stereocenters. The molecule has 20 heavy (non-hydrogen) atoms. The average Bonchev–Trinajstić information content (AvgIpc) is 2.94. The summed E-state index contributed by atoms with van der Waals surface area (Å²) in [4.78, 5) is 12.6. The van der Waals surface area contributed by atoms with Crippen LogP contribution in [0.4, 0.5) is 0 Å². The number of fused-ring (bicyclic) bond motifs is 2. The van der Waals surface area contributed by atoms with E-state index in [1.165, 1.54) is 0 Å². The van der Waals surface area contributed by atoms with Gasteiger partial charge >= 0.3 is 0 Å². The Labute approximate surface area is 118 Å². The number of halogens is 1. The lowest BCUT2D eigenvalue weighted by Gasteiger charge is -2.06.